The summed E-state index contributed by atoms with van der Waals surface area (Å²) in [6.07, 6.45) is 0. The number of alkyl halides is 1. The third-order valence-corrected chi connectivity index (χ3v) is 3.62. The lowest BCUT2D eigenvalue weighted by atomic mass is 10.3. The molecule has 0 aliphatic carbocycles. The smallest absolute Gasteiger partial charge is 0.106 e. The molecule has 2 aromatic heterocycles. The average molecular weight is 466 g/mol. The first-order valence-electron chi connectivity index (χ1n) is 5.95. The van der Waals surface area contributed by atoms with Crippen LogP contribution in [-0.2, 0) is 11.9 Å². The Labute approximate surface area is 145 Å². The van der Waals surface area contributed by atoms with Crippen molar-refractivity contribution in [3.63, 3.8) is 0 Å². The van der Waals surface area contributed by atoms with Gasteiger partial charge in [-0.05, 0) is 70.2 Å². The minimum atomic E-state index is 0.812. The van der Waals surface area contributed by atoms with Crippen LogP contribution >= 0.6 is 47.8 Å². The first kappa shape index (κ1) is 17.8. The van der Waals surface area contributed by atoms with Crippen LogP contribution in [0.3, 0.4) is 0 Å². The van der Waals surface area contributed by atoms with Gasteiger partial charge in [-0.2, -0.15) is 0 Å². The van der Waals surface area contributed by atoms with E-state index in [0.717, 1.165) is 32.5 Å². The van der Waals surface area contributed by atoms with Crippen LogP contribution in [0.15, 0.2) is 45.6 Å². The van der Waals surface area contributed by atoms with Crippen LogP contribution in [0.1, 0.15) is 11.4 Å². The molecule has 6 heteroatoms. The van der Waals surface area contributed by atoms with E-state index in [0.29, 0.717) is 0 Å². The second-order valence-corrected chi connectivity index (χ2v) is 6.46. The van der Waals surface area contributed by atoms with Gasteiger partial charge in [0.15, 0.2) is 0 Å². The molecule has 0 unspecified atom stereocenters. The van der Waals surface area contributed by atoms with E-state index in [4.69, 9.17) is 0 Å². The summed E-state index contributed by atoms with van der Waals surface area (Å²) in [5.74, 6) is 0. The summed E-state index contributed by atoms with van der Waals surface area (Å²) in [5.41, 5.74) is 2.13. The fourth-order valence-corrected chi connectivity index (χ4v) is 2.46. The number of hydrogen-bond acceptors (Lipinski definition) is 3. The molecule has 0 fully saturated rings. The topological polar surface area (TPSA) is 29.0 Å². The molecule has 0 aliphatic heterocycles. The highest BCUT2D eigenvalue weighted by Crippen LogP contribution is 2.08. The second-order valence-electron chi connectivity index (χ2n) is 4.27. The Morgan fingerprint density at radius 1 is 0.900 bits per heavy atom. The molecule has 0 N–H and O–H groups in total. The Hall–Kier alpha value is -0.300. The van der Waals surface area contributed by atoms with Crippen LogP contribution in [0, 0.1) is 0 Å². The molecule has 2 aromatic rings. The lowest BCUT2D eigenvalue weighted by molar-refractivity contribution is 0.396. The Balaban J connectivity index is 0.000000204. The minimum Gasteiger partial charge on any atom is -0.304 e. The molecule has 108 valence electrons. The lowest BCUT2D eigenvalue weighted by Gasteiger charge is -2.07. The third kappa shape index (κ3) is 7.47. The molecule has 20 heavy (non-hydrogen) atoms. The van der Waals surface area contributed by atoms with Crippen LogP contribution < -0.4 is 0 Å². The van der Waals surface area contributed by atoms with Crippen LogP contribution in [0.25, 0.3) is 0 Å². The molecule has 0 spiro atoms. The van der Waals surface area contributed by atoms with Crippen molar-refractivity contribution in [1.29, 1.82) is 0 Å². The molecule has 3 nitrogen and oxygen atoms in total. The van der Waals surface area contributed by atoms with Gasteiger partial charge < -0.3 is 4.90 Å². The van der Waals surface area contributed by atoms with Crippen LogP contribution in [0.2, 0.25) is 0 Å². The van der Waals surface area contributed by atoms with Crippen LogP contribution in [0.4, 0.5) is 0 Å². The Morgan fingerprint density at radius 2 is 1.40 bits per heavy atom. The normalized spacial score (nSPS) is 10.1. The summed E-state index contributed by atoms with van der Waals surface area (Å²) < 4.78 is 1.79. The maximum Gasteiger partial charge on any atom is 0.106 e. The number of aromatic nitrogens is 2. The maximum absolute atomic E-state index is 4.29. The number of halogens is 3. The van der Waals surface area contributed by atoms with Gasteiger partial charge >= 0.3 is 0 Å². The fraction of sp³-hybridized carbons (Fsp3) is 0.286. The van der Waals surface area contributed by atoms with Gasteiger partial charge in [-0.15, -0.1) is 0 Å². The van der Waals surface area contributed by atoms with Gasteiger partial charge in [-0.3, -0.25) is 0 Å². The highest BCUT2D eigenvalue weighted by molar-refractivity contribution is 9.10. The Bertz CT molecular complexity index is 533. The first-order chi connectivity index (χ1) is 9.51. The van der Waals surface area contributed by atoms with Gasteiger partial charge in [0.1, 0.15) is 9.21 Å². The number of nitrogens with zero attached hydrogens (tertiary/aromatic N) is 3. The van der Waals surface area contributed by atoms with E-state index in [1.54, 1.807) is 0 Å². The zero-order valence-electron chi connectivity index (χ0n) is 11.4. The van der Waals surface area contributed by atoms with E-state index in [1.807, 2.05) is 50.5 Å². The highest BCUT2D eigenvalue weighted by atomic mass is 79.9. The van der Waals surface area contributed by atoms with Gasteiger partial charge in [0.05, 0.1) is 11.4 Å². The van der Waals surface area contributed by atoms with Gasteiger partial charge in [0.25, 0.3) is 0 Å². The molecule has 0 aliphatic rings. The molecule has 0 saturated heterocycles. The van der Waals surface area contributed by atoms with Gasteiger partial charge in [-0.1, -0.05) is 28.1 Å². The standard InChI is InChI=1S/C8H11BrN2.C6H5Br2N/c1-11(2)6-7-4-3-5-8(9)10-7;7-4-5-2-1-3-6(8)9-5/h3-5H,6H2,1-2H3;1-3H,4H2. The summed E-state index contributed by atoms with van der Waals surface area (Å²) in [4.78, 5) is 10.5. The van der Waals surface area contributed by atoms with E-state index < -0.39 is 0 Å². The molecule has 0 bridgehead atoms. The van der Waals surface area contributed by atoms with Crippen molar-refractivity contribution in [2.45, 2.75) is 11.9 Å². The zero-order chi connectivity index (χ0) is 15.0. The van der Waals surface area contributed by atoms with Crippen LogP contribution in [0.5, 0.6) is 0 Å². The third-order valence-electron chi connectivity index (χ3n) is 2.16. The first-order valence-corrected chi connectivity index (χ1v) is 8.65. The monoisotopic (exact) mass is 463 g/mol. The predicted molar refractivity (Wildman–Crippen MR) is 93.9 cm³/mol. The molecule has 0 radical (unpaired) electrons. The summed E-state index contributed by atoms with van der Waals surface area (Å²) in [6, 6.07) is 11.8. The Morgan fingerprint density at radius 3 is 1.80 bits per heavy atom. The van der Waals surface area contributed by atoms with Gasteiger partial charge in [0, 0.05) is 11.9 Å². The summed E-state index contributed by atoms with van der Waals surface area (Å²) in [5, 5.41) is 0.812. The zero-order valence-corrected chi connectivity index (χ0v) is 16.1. The molecule has 0 amide bonds. The summed E-state index contributed by atoms with van der Waals surface area (Å²) in [6.45, 7) is 0.888. The summed E-state index contributed by atoms with van der Waals surface area (Å²) in [7, 11) is 4.06. The SMILES string of the molecule is BrCc1cccc(Br)n1.CN(C)Cc1cccc(Br)n1. The largest absolute Gasteiger partial charge is 0.304 e. The van der Waals surface area contributed by atoms with Crippen molar-refractivity contribution in [2.24, 2.45) is 0 Å². The minimum absolute atomic E-state index is 0.812. The van der Waals surface area contributed by atoms with Gasteiger partial charge in [0.2, 0.25) is 0 Å². The number of rotatable bonds is 3. The van der Waals surface area contributed by atoms with Crippen molar-refractivity contribution in [3.05, 3.63) is 57.0 Å². The maximum atomic E-state index is 4.29. The van der Waals surface area contributed by atoms with Gasteiger partial charge in [-0.25, -0.2) is 9.97 Å². The average Bonchev–Trinajstić information content (AvgIpc) is 2.38. The predicted octanol–water partition coefficient (Wildman–Crippen LogP) is 4.64. The van der Waals surface area contributed by atoms with E-state index in [-0.39, 0.29) is 0 Å². The molecular formula is C14H16Br3N3. The second kappa shape index (κ2) is 9.60. The number of pyridine rings is 2. The molecular weight excluding hydrogens is 450 g/mol. The molecule has 0 aromatic carbocycles. The van der Waals surface area contributed by atoms with Crippen molar-refractivity contribution < 1.29 is 0 Å². The van der Waals surface area contributed by atoms with E-state index in [9.17, 15) is 0 Å². The Kier molecular flexibility index (Phi) is 8.52. The molecule has 2 heterocycles. The van der Waals surface area contributed by atoms with E-state index in [1.165, 1.54) is 0 Å². The van der Waals surface area contributed by atoms with E-state index >= 15 is 0 Å². The lowest BCUT2D eigenvalue weighted by Crippen LogP contribution is -2.11. The molecule has 0 atom stereocenters. The van der Waals surface area contributed by atoms with Crippen molar-refractivity contribution in [2.75, 3.05) is 14.1 Å². The number of hydrogen-bond donors (Lipinski definition) is 0. The van der Waals surface area contributed by atoms with Crippen molar-refractivity contribution >= 4 is 47.8 Å². The molecule has 2 rings (SSSR count). The van der Waals surface area contributed by atoms with Crippen molar-refractivity contribution in [3.8, 4) is 0 Å². The van der Waals surface area contributed by atoms with E-state index in [2.05, 4.69) is 62.7 Å². The fourth-order valence-electron chi connectivity index (χ4n) is 1.39. The van der Waals surface area contributed by atoms with Crippen molar-refractivity contribution in [1.82, 2.24) is 14.9 Å². The quantitative estimate of drug-likeness (QED) is 0.488. The summed E-state index contributed by atoms with van der Waals surface area (Å²) >= 11 is 9.90. The highest BCUT2D eigenvalue weighted by Gasteiger charge is 1.95. The molecule has 0 saturated carbocycles. The van der Waals surface area contributed by atoms with Crippen LogP contribution in [-0.4, -0.2) is 29.0 Å².